The average molecular weight is 302 g/mol. The van der Waals surface area contributed by atoms with Gasteiger partial charge in [-0.1, -0.05) is 36.8 Å². The number of alkyl carbamates (subject to hydrolysis) is 1. The van der Waals surface area contributed by atoms with Crippen LogP contribution in [0.2, 0.25) is 0 Å². The summed E-state index contributed by atoms with van der Waals surface area (Å²) in [4.78, 5) is 26.6. The summed E-state index contributed by atoms with van der Waals surface area (Å²) < 4.78 is 4.68. The van der Waals surface area contributed by atoms with Gasteiger partial charge in [-0.2, -0.15) is 0 Å². The van der Waals surface area contributed by atoms with Crippen LogP contribution in [0.4, 0.5) is 4.79 Å². The zero-order valence-corrected chi connectivity index (χ0v) is 12.8. The van der Waals surface area contributed by atoms with Crippen molar-refractivity contribution in [3.05, 3.63) is 35.9 Å². The van der Waals surface area contributed by atoms with Gasteiger partial charge < -0.3 is 15.0 Å². The molecule has 1 aliphatic carbocycles. The summed E-state index contributed by atoms with van der Waals surface area (Å²) in [6.07, 6.45) is 3.99. The molecule has 2 amide bonds. The fraction of sp³-hybridized carbons (Fsp3) is 0.529. The molecule has 3 atom stereocenters. The fourth-order valence-corrected chi connectivity index (χ4v) is 3.78. The van der Waals surface area contributed by atoms with Crippen LogP contribution in [0.1, 0.15) is 37.3 Å². The molecule has 1 aliphatic heterocycles. The largest absolute Gasteiger partial charge is 0.453 e. The van der Waals surface area contributed by atoms with Gasteiger partial charge in [0.15, 0.2) is 0 Å². The summed E-state index contributed by atoms with van der Waals surface area (Å²) in [6, 6.07) is 9.03. The molecule has 3 rings (SSSR count). The van der Waals surface area contributed by atoms with Crippen LogP contribution >= 0.6 is 0 Å². The van der Waals surface area contributed by atoms with Gasteiger partial charge in [0.05, 0.1) is 7.11 Å². The van der Waals surface area contributed by atoms with Gasteiger partial charge in [-0.05, 0) is 30.7 Å². The Labute approximate surface area is 130 Å². The Kier molecular flexibility index (Phi) is 4.32. The summed E-state index contributed by atoms with van der Waals surface area (Å²) in [6.45, 7) is 0.792. The Hall–Kier alpha value is -2.04. The van der Waals surface area contributed by atoms with E-state index in [1.807, 2.05) is 35.2 Å². The second-order valence-corrected chi connectivity index (χ2v) is 6.06. The van der Waals surface area contributed by atoms with E-state index in [4.69, 9.17) is 0 Å². The van der Waals surface area contributed by atoms with E-state index < -0.39 is 12.1 Å². The number of hydrogen-bond acceptors (Lipinski definition) is 3. The quantitative estimate of drug-likeness (QED) is 0.933. The predicted octanol–water partition coefficient (Wildman–Crippen LogP) is 2.48. The Bertz CT molecular complexity index is 546. The number of methoxy groups -OCH3 is 1. The van der Waals surface area contributed by atoms with Gasteiger partial charge in [0.1, 0.15) is 6.04 Å². The van der Waals surface area contributed by atoms with Crippen LogP contribution in [-0.4, -0.2) is 36.6 Å². The summed E-state index contributed by atoms with van der Waals surface area (Å²) >= 11 is 0. The highest BCUT2D eigenvalue weighted by atomic mass is 16.5. The van der Waals surface area contributed by atoms with Crippen LogP contribution in [0.5, 0.6) is 0 Å². The number of nitrogens with zero attached hydrogens (tertiary/aromatic N) is 1. The predicted molar refractivity (Wildman–Crippen MR) is 82.2 cm³/mol. The first-order valence-electron chi connectivity index (χ1n) is 7.90. The number of carbonyl (C=O) groups is 2. The van der Waals surface area contributed by atoms with Crippen LogP contribution in [0.3, 0.4) is 0 Å². The van der Waals surface area contributed by atoms with Gasteiger partial charge in [0.25, 0.3) is 0 Å². The minimum absolute atomic E-state index is 0.0222. The average Bonchev–Trinajstić information content (AvgIpc) is 3.15. The van der Waals surface area contributed by atoms with Crippen LogP contribution in [0.15, 0.2) is 30.3 Å². The molecule has 1 heterocycles. The monoisotopic (exact) mass is 302 g/mol. The second-order valence-electron chi connectivity index (χ2n) is 6.06. The number of nitrogens with one attached hydrogen (secondary N) is 1. The number of benzene rings is 1. The molecule has 22 heavy (non-hydrogen) atoms. The third-order valence-corrected chi connectivity index (χ3v) is 4.87. The van der Waals surface area contributed by atoms with Gasteiger partial charge in [-0.25, -0.2) is 4.79 Å². The number of amides is 2. The highest BCUT2D eigenvalue weighted by Crippen LogP contribution is 2.38. The molecular weight excluding hydrogens is 280 g/mol. The van der Waals surface area contributed by atoms with Crippen molar-refractivity contribution in [1.29, 1.82) is 0 Å². The third-order valence-electron chi connectivity index (χ3n) is 4.87. The maximum atomic E-state index is 13.0. The molecule has 0 bridgehead atoms. The summed E-state index contributed by atoms with van der Waals surface area (Å²) in [5.41, 5.74) is 0.791. The van der Waals surface area contributed by atoms with Gasteiger partial charge in [0.2, 0.25) is 5.91 Å². The Morgan fingerprint density at radius 2 is 2.00 bits per heavy atom. The summed E-state index contributed by atoms with van der Waals surface area (Å²) in [5, 5.41) is 2.69. The van der Waals surface area contributed by atoms with E-state index in [0.717, 1.165) is 24.9 Å². The molecule has 1 aromatic carbocycles. The van der Waals surface area contributed by atoms with Crippen LogP contribution in [-0.2, 0) is 9.53 Å². The molecule has 1 saturated carbocycles. The molecule has 118 valence electrons. The zero-order valence-electron chi connectivity index (χ0n) is 12.8. The standard InChI is InChI=1S/C17H22N2O3/c1-22-17(21)18-15(13-6-3-2-4-7-13)16(20)19-11-10-12-8-5-9-14(12)19/h2-4,6-7,12,14-15H,5,8-11H2,1H3,(H,18,21)/t12-,14-,15+/m1/s1. The number of ether oxygens (including phenoxy) is 1. The number of carbonyl (C=O) groups excluding carboxylic acids is 2. The Morgan fingerprint density at radius 3 is 2.73 bits per heavy atom. The molecule has 0 aromatic heterocycles. The first kappa shape index (κ1) is 14.9. The van der Waals surface area contributed by atoms with Crippen molar-refractivity contribution in [3.63, 3.8) is 0 Å². The molecule has 1 saturated heterocycles. The minimum Gasteiger partial charge on any atom is -0.453 e. The van der Waals surface area contributed by atoms with E-state index in [0.29, 0.717) is 12.0 Å². The molecule has 2 fully saturated rings. The number of rotatable bonds is 3. The van der Waals surface area contributed by atoms with E-state index in [9.17, 15) is 9.59 Å². The van der Waals surface area contributed by atoms with Crippen molar-refractivity contribution in [2.45, 2.75) is 37.8 Å². The van der Waals surface area contributed by atoms with E-state index in [2.05, 4.69) is 10.1 Å². The Balaban J connectivity index is 1.82. The molecule has 0 spiro atoms. The second kappa shape index (κ2) is 6.38. The molecule has 5 heteroatoms. The number of hydrogen-bond donors (Lipinski definition) is 1. The first-order valence-corrected chi connectivity index (χ1v) is 7.90. The molecule has 1 aromatic rings. The SMILES string of the molecule is COC(=O)N[C@H](C(=O)N1CC[C@H]2CCC[C@H]21)c1ccccc1. The molecule has 1 N–H and O–H groups in total. The Morgan fingerprint density at radius 1 is 1.23 bits per heavy atom. The molecule has 0 radical (unpaired) electrons. The smallest absolute Gasteiger partial charge is 0.407 e. The van der Waals surface area contributed by atoms with Gasteiger partial charge in [-0.15, -0.1) is 0 Å². The van der Waals surface area contributed by atoms with Crippen LogP contribution in [0, 0.1) is 5.92 Å². The van der Waals surface area contributed by atoms with Crippen molar-refractivity contribution >= 4 is 12.0 Å². The van der Waals surface area contributed by atoms with Crippen LogP contribution in [0.25, 0.3) is 0 Å². The highest BCUT2D eigenvalue weighted by Gasteiger charge is 2.42. The first-order chi connectivity index (χ1) is 10.7. The van der Waals surface area contributed by atoms with Crippen molar-refractivity contribution in [2.75, 3.05) is 13.7 Å². The summed E-state index contributed by atoms with van der Waals surface area (Å²) in [5.74, 6) is 0.615. The lowest BCUT2D eigenvalue weighted by molar-refractivity contribution is -0.134. The van der Waals surface area contributed by atoms with Crippen molar-refractivity contribution in [2.24, 2.45) is 5.92 Å². The zero-order chi connectivity index (χ0) is 15.5. The van der Waals surface area contributed by atoms with Crippen molar-refractivity contribution in [3.8, 4) is 0 Å². The number of likely N-dealkylation sites (tertiary alicyclic amines) is 1. The maximum Gasteiger partial charge on any atom is 0.407 e. The van der Waals surface area contributed by atoms with Gasteiger partial charge in [-0.3, -0.25) is 4.79 Å². The fourth-order valence-electron chi connectivity index (χ4n) is 3.78. The molecule has 0 unspecified atom stereocenters. The molecule has 2 aliphatic rings. The number of fused-ring (bicyclic) bond motifs is 1. The van der Waals surface area contributed by atoms with E-state index in [-0.39, 0.29) is 5.91 Å². The van der Waals surface area contributed by atoms with Crippen molar-refractivity contribution in [1.82, 2.24) is 10.2 Å². The minimum atomic E-state index is -0.673. The lowest BCUT2D eigenvalue weighted by atomic mass is 10.0. The molecule has 5 nitrogen and oxygen atoms in total. The molecular formula is C17H22N2O3. The normalized spacial score (nSPS) is 24.7. The van der Waals surface area contributed by atoms with E-state index in [1.54, 1.807) is 0 Å². The van der Waals surface area contributed by atoms with E-state index >= 15 is 0 Å². The maximum absolute atomic E-state index is 13.0. The van der Waals surface area contributed by atoms with Crippen molar-refractivity contribution < 1.29 is 14.3 Å². The lowest BCUT2D eigenvalue weighted by Crippen LogP contribution is -2.45. The van der Waals surface area contributed by atoms with Crippen LogP contribution < -0.4 is 5.32 Å². The van der Waals surface area contributed by atoms with Gasteiger partial charge >= 0.3 is 6.09 Å². The highest BCUT2D eigenvalue weighted by molar-refractivity contribution is 5.87. The topological polar surface area (TPSA) is 58.6 Å². The van der Waals surface area contributed by atoms with Gasteiger partial charge in [0, 0.05) is 12.6 Å². The third kappa shape index (κ3) is 2.80. The van der Waals surface area contributed by atoms with E-state index in [1.165, 1.54) is 20.0 Å². The lowest BCUT2D eigenvalue weighted by Gasteiger charge is -2.29. The summed E-state index contributed by atoms with van der Waals surface area (Å²) in [7, 11) is 1.31.